The minimum absolute atomic E-state index is 0.616. The molecule has 262 valence electrons. The van der Waals surface area contributed by atoms with E-state index in [1.807, 2.05) is 30.3 Å². The third kappa shape index (κ3) is 5.32. The van der Waals surface area contributed by atoms with Gasteiger partial charge in [0.25, 0.3) is 0 Å². The first-order chi connectivity index (χ1) is 27.8. The summed E-state index contributed by atoms with van der Waals surface area (Å²) in [6.45, 7) is 0. The predicted octanol–water partition coefficient (Wildman–Crippen LogP) is 14.9. The summed E-state index contributed by atoms with van der Waals surface area (Å²) in [5.41, 5.74) is 10.5. The van der Waals surface area contributed by atoms with E-state index in [2.05, 4.69) is 181 Å². The van der Waals surface area contributed by atoms with Crippen molar-refractivity contribution < 1.29 is 4.42 Å². The summed E-state index contributed by atoms with van der Waals surface area (Å²) in [6.07, 6.45) is 0. The second kappa shape index (κ2) is 13.1. The van der Waals surface area contributed by atoms with Crippen molar-refractivity contribution in [3.05, 3.63) is 206 Å². The first kappa shape index (κ1) is 32.0. The monoisotopic (exact) mass is 714 g/mol. The molecule has 0 aliphatic rings. The van der Waals surface area contributed by atoms with E-state index in [1.165, 1.54) is 27.1 Å². The summed E-state index contributed by atoms with van der Waals surface area (Å²) in [4.78, 5) is 7.43. The lowest BCUT2D eigenvalue weighted by Gasteiger charge is -2.28. The Morgan fingerprint density at radius 1 is 0.375 bits per heavy atom. The zero-order valence-corrected chi connectivity index (χ0v) is 30.4. The standard InChI is InChI=1S/C53H34N2O/c1-4-14-35(15-5-1)39-21-12-22-41(32-39)55(50-25-13-24-44-43-23-11-10-18-37(43)27-29-45(44)50)42-28-26-40-33-47(36-16-6-2-7-17-36)46-30-31-49-52(51(46)48(40)34-42)56-53(54-49)38-19-8-3-9-20-38/h1-34H. The fourth-order valence-corrected chi connectivity index (χ4v) is 8.40. The molecule has 0 aliphatic carbocycles. The molecule has 0 bridgehead atoms. The minimum atomic E-state index is 0.616. The Hall–Kier alpha value is -7.49. The van der Waals surface area contributed by atoms with Crippen LogP contribution in [0.4, 0.5) is 17.1 Å². The van der Waals surface area contributed by atoms with Crippen LogP contribution in [-0.4, -0.2) is 4.98 Å². The first-order valence-electron chi connectivity index (χ1n) is 19.0. The summed E-state index contributed by atoms with van der Waals surface area (Å²) in [7, 11) is 0. The van der Waals surface area contributed by atoms with E-state index >= 15 is 0 Å². The first-order valence-corrected chi connectivity index (χ1v) is 19.0. The molecule has 56 heavy (non-hydrogen) atoms. The molecule has 1 heterocycles. The molecule has 0 saturated carbocycles. The van der Waals surface area contributed by atoms with Crippen molar-refractivity contribution in [1.29, 1.82) is 0 Å². The van der Waals surface area contributed by atoms with E-state index in [9.17, 15) is 0 Å². The lowest BCUT2D eigenvalue weighted by Crippen LogP contribution is -2.10. The minimum Gasteiger partial charge on any atom is -0.435 e. The zero-order valence-electron chi connectivity index (χ0n) is 30.4. The van der Waals surface area contributed by atoms with Crippen molar-refractivity contribution in [2.24, 2.45) is 0 Å². The van der Waals surface area contributed by atoms with Crippen LogP contribution in [0.25, 0.3) is 87.9 Å². The number of benzene rings is 10. The maximum absolute atomic E-state index is 6.77. The van der Waals surface area contributed by atoms with Crippen molar-refractivity contribution in [3.63, 3.8) is 0 Å². The summed E-state index contributed by atoms with van der Waals surface area (Å²) < 4.78 is 6.77. The number of nitrogens with zero attached hydrogens (tertiary/aromatic N) is 2. The van der Waals surface area contributed by atoms with Crippen LogP contribution < -0.4 is 4.90 Å². The topological polar surface area (TPSA) is 29.3 Å². The van der Waals surface area contributed by atoms with E-state index in [0.717, 1.165) is 72.0 Å². The van der Waals surface area contributed by atoms with Gasteiger partial charge in [0.05, 0.1) is 5.69 Å². The Morgan fingerprint density at radius 2 is 1.02 bits per heavy atom. The molecule has 0 aliphatic heterocycles. The molecule has 11 aromatic rings. The highest BCUT2D eigenvalue weighted by atomic mass is 16.3. The molecule has 10 aromatic carbocycles. The summed E-state index contributed by atoms with van der Waals surface area (Å²) in [5.74, 6) is 0.616. The zero-order chi connectivity index (χ0) is 37.0. The van der Waals surface area contributed by atoms with E-state index in [1.54, 1.807) is 0 Å². The maximum Gasteiger partial charge on any atom is 0.227 e. The lowest BCUT2D eigenvalue weighted by atomic mass is 9.92. The second-order valence-corrected chi connectivity index (χ2v) is 14.3. The molecule has 3 heteroatoms. The van der Waals surface area contributed by atoms with Gasteiger partial charge < -0.3 is 9.32 Å². The Bertz CT molecular complexity index is 3240. The van der Waals surface area contributed by atoms with Crippen LogP contribution >= 0.6 is 0 Å². The summed E-state index contributed by atoms with van der Waals surface area (Å²) in [5, 5.41) is 9.29. The van der Waals surface area contributed by atoms with Gasteiger partial charge in [-0.3, -0.25) is 0 Å². The van der Waals surface area contributed by atoms with Gasteiger partial charge in [0, 0.05) is 27.7 Å². The predicted molar refractivity (Wildman–Crippen MR) is 235 cm³/mol. The quantitative estimate of drug-likeness (QED) is 0.161. The fourth-order valence-electron chi connectivity index (χ4n) is 8.40. The van der Waals surface area contributed by atoms with Crippen molar-refractivity contribution in [1.82, 2.24) is 4.98 Å². The van der Waals surface area contributed by atoms with Gasteiger partial charge in [-0.05, 0) is 109 Å². The van der Waals surface area contributed by atoms with Gasteiger partial charge in [0.15, 0.2) is 5.58 Å². The number of oxazole rings is 1. The molecule has 0 unspecified atom stereocenters. The molecular weight excluding hydrogens is 681 g/mol. The van der Waals surface area contributed by atoms with Gasteiger partial charge >= 0.3 is 0 Å². The van der Waals surface area contributed by atoms with Crippen LogP contribution in [0.3, 0.4) is 0 Å². The summed E-state index contributed by atoms with van der Waals surface area (Å²) in [6, 6.07) is 73.6. The van der Waals surface area contributed by atoms with Crippen LogP contribution in [0.1, 0.15) is 0 Å². The summed E-state index contributed by atoms with van der Waals surface area (Å²) >= 11 is 0. The number of anilines is 3. The van der Waals surface area contributed by atoms with E-state index in [4.69, 9.17) is 9.40 Å². The van der Waals surface area contributed by atoms with Gasteiger partial charge in [-0.15, -0.1) is 0 Å². The van der Waals surface area contributed by atoms with Gasteiger partial charge in [0.2, 0.25) is 5.89 Å². The maximum atomic E-state index is 6.77. The van der Waals surface area contributed by atoms with Crippen molar-refractivity contribution in [2.75, 3.05) is 4.90 Å². The average Bonchev–Trinajstić information content (AvgIpc) is 3.72. The van der Waals surface area contributed by atoms with Crippen LogP contribution in [0, 0.1) is 0 Å². The van der Waals surface area contributed by atoms with Gasteiger partial charge in [-0.2, -0.15) is 0 Å². The molecule has 3 nitrogen and oxygen atoms in total. The third-order valence-electron chi connectivity index (χ3n) is 11.0. The Labute approximate surface area is 324 Å². The molecule has 1 aromatic heterocycles. The van der Waals surface area contributed by atoms with E-state index in [-0.39, 0.29) is 0 Å². The van der Waals surface area contributed by atoms with Crippen molar-refractivity contribution in [3.8, 4) is 33.7 Å². The molecular formula is C53H34N2O. The molecule has 11 rings (SSSR count). The highest BCUT2D eigenvalue weighted by molar-refractivity contribution is 6.23. The normalized spacial score (nSPS) is 11.6. The lowest BCUT2D eigenvalue weighted by molar-refractivity contribution is 0.623. The number of hydrogen-bond acceptors (Lipinski definition) is 3. The molecule has 0 amide bonds. The number of aromatic nitrogens is 1. The second-order valence-electron chi connectivity index (χ2n) is 14.3. The van der Waals surface area contributed by atoms with Gasteiger partial charge in [-0.1, -0.05) is 152 Å². The van der Waals surface area contributed by atoms with E-state index in [0.29, 0.717) is 5.89 Å². The fraction of sp³-hybridized carbons (Fsp3) is 0. The molecule has 0 atom stereocenters. The highest BCUT2D eigenvalue weighted by Crippen LogP contribution is 2.45. The molecule has 0 spiro atoms. The van der Waals surface area contributed by atoms with Crippen LogP contribution in [0.15, 0.2) is 211 Å². The molecule has 0 radical (unpaired) electrons. The van der Waals surface area contributed by atoms with Crippen LogP contribution in [-0.2, 0) is 0 Å². The van der Waals surface area contributed by atoms with Crippen molar-refractivity contribution in [2.45, 2.75) is 0 Å². The van der Waals surface area contributed by atoms with Gasteiger partial charge in [0.1, 0.15) is 5.52 Å². The van der Waals surface area contributed by atoms with Gasteiger partial charge in [-0.25, -0.2) is 4.98 Å². The Balaban J connectivity index is 1.21. The van der Waals surface area contributed by atoms with E-state index < -0.39 is 0 Å². The average molecular weight is 715 g/mol. The smallest absolute Gasteiger partial charge is 0.227 e. The van der Waals surface area contributed by atoms with Crippen LogP contribution in [0.2, 0.25) is 0 Å². The molecule has 0 N–H and O–H groups in total. The van der Waals surface area contributed by atoms with Crippen LogP contribution in [0.5, 0.6) is 0 Å². The number of hydrogen-bond donors (Lipinski definition) is 0. The number of fused-ring (bicyclic) bond motifs is 8. The molecule has 0 fully saturated rings. The Morgan fingerprint density at radius 3 is 1.84 bits per heavy atom. The Kier molecular flexibility index (Phi) is 7.49. The third-order valence-corrected chi connectivity index (χ3v) is 11.0. The largest absolute Gasteiger partial charge is 0.435 e. The van der Waals surface area contributed by atoms with Crippen molar-refractivity contribution >= 4 is 71.3 Å². The number of rotatable bonds is 6. The molecule has 0 saturated heterocycles. The SMILES string of the molecule is c1ccc(-c2cccc(N(c3ccc4cc(-c5ccccc5)c5ccc6nc(-c7ccccc7)oc6c5c4c3)c3cccc4c3ccc3ccccc34)c2)cc1. The highest BCUT2D eigenvalue weighted by Gasteiger charge is 2.21.